The Morgan fingerprint density at radius 2 is 1.47 bits per heavy atom. The van der Waals surface area contributed by atoms with Gasteiger partial charge in [0.15, 0.2) is 16.6 Å². The zero-order valence-electron chi connectivity index (χ0n) is 25.5. The summed E-state index contributed by atoms with van der Waals surface area (Å²) in [6, 6.07) is 9.08. The molecule has 0 atom stereocenters. The molecular weight excluding hydrogens is 473 g/mol. The van der Waals surface area contributed by atoms with Crippen LogP contribution in [0.3, 0.4) is 0 Å². The van der Waals surface area contributed by atoms with E-state index in [0.717, 1.165) is 12.8 Å². The standard InChI is InChI=1S/C32H54O2Si2/c1-25(2)19-20-30(28-17-13-15-26(21-28)23-33-35(9,10)31(3,4)5)29-18-14-16-27(22-29)24-34-36(11,12)32(6,7)8/h13-17,21-22,25H,18-20,23-24H2,1-12H3/b30-29+. The molecule has 0 aromatic heterocycles. The van der Waals surface area contributed by atoms with Gasteiger partial charge in [-0.25, -0.2) is 0 Å². The zero-order valence-corrected chi connectivity index (χ0v) is 27.5. The van der Waals surface area contributed by atoms with Crippen molar-refractivity contribution >= 4 is 22.2 Å². The van der Waals surface area contributed by atoms with Gasteiger partial charge >= 0.3 is 0 Å². The third-order valence-corrected chi connectivity index (χ3v) is 17.4. The van der Waals surface area contributed by atoms with Crippen LogP contribution in [0, 0.1) is 5.92 Å². The smallest absolute Gasteiger partial charge is 0.192 e. The zero-order chi connectivity index (χ0) is 27.4. The monoisotopic (exact) mass is 526 g/mol. The van der Waals surface area contributed by atoms with Gasteiger partial charge in [0, 0.05) is 0 Å². The summed E-state index contributed by atoms with van der Waals surface area (Å²) < 4.78 is 13.1. The Labute approximate surface area is 225 Å². The van der Waals surface area contributed by atoms with Crippen LogP contribution in [-0.4, -0.2) is 23.2 Å². The molecule has 0 radical (unpaired) electrons. The number of allylic oxidation sites excluding steroid dienone is 4. The van der Waals surface area contributed by atoms with Crippen molar-refractivity contribution in [2.45, 2.75) is 118 Å². The first kappa shape index (κ1) is 31.0. The van der Waals surface area contributed by atoms with Crippen LogP contribution in [0.15, 0.2) is 53.6 Å². The first-order chi connectivity index (χ1) is 16.4. The van der Waals surface area contributed by atoms with E-state index in [-0.39, 0.29) is 10.1 Å². The summed E-state index contributed by atoms with van der Waals surface area (Å²) in [6.45, 7) is 29.2. The maximum atomic E-state index is 6.56. The fourth-order valence-electron chi connectivity index (χ4n) is 3.70. The minimum atomic E-state index is -1.78. The lowest BCUT2D eigenvalue weighted by Crippen LogP contribution is -2.41. The molecule has 2 rings (SSSR count). The molecule has 0 unspecified atom stereocenters. The van der Waals surface area contributed by atoms with Crippen molar-refractivity contribution in [2.75, 3.05) is 6.61 Å². The third-order valence-electron chi connectivity index (χ3n) is 8.48. The third kappa shape index (κ3) is 8.68. The minimum absolute atomic E-state index is 0.219. The van der Waals surface area contributed by atoms with Crippen molar-refractivity contribution in [3.8, 4) is 0 Å². The first-order valence-electron chi connectivity index (χ1n) is 13.9. The Hall–Kier alpha value is -1.21. The van der Waals surface area contributed by atoms with E-state index in [9.17, 15) is 0 Å². The van der Waals surface area contributed by atoms with Gasteiger partial charge in [-0.15, -0.1) is 0 Å². The molecule has 0 aliphatic heterocycles. The van der Waals surface area contributed by atoms with Gasteiger partial charge in [-0.1, -0.05) is 91.8 Å². The Balaban J connectivity index is 2.34. The Bertz CT molecular complexity index is 967. The predicted molar refractivity (Wildman–Crippen MR) is 164 cm³/mol. The van der Waals surface area contributed by atoms with Crippen LogP contribution in [0.5, 0.6) is 0 Å². The minimum Gasteiger partial charge on any atom is -0.413 e. The fourth-order valence-corrected chi connectivity index (χ4v) is 5.62. The number of hydrogen-bond donors (Lipinski definition) is 0. The normalized spacial score (nSPS) is 17.0. The van der Waals surface area contributed by atoms with E-state index in [4.69, 9.17) is 8.85 Å². The maximum Gasteiger partial charge on any atom is 0.192 e. The second kappa shape index (κ2) is 12.1. The van der Waals surface area contributed by atoms with Crippen molar-refractivity contribution < 1.29 is 8.85 Å². The topological polar surface area (TPSA) is 18.5 Å². The summed E-state index contributed by atoms with van der Waals surface area (Å²) in [6.07, 6.45) is 10.3. The molecule has 36 heavy (non-hydrogen) atoms. The lowest BCUT2D eigenvalue weighted by Gasteiger charge is -2.36. The molecule has 0 saturated heterocycles. The number of rotatable bonds is 10. The Morgan fingerprint density at radius 1 is 0.889 bits per heavy atom. The van der Waals surface area contributed by atoms with Crippen molar-refractivity contribution in [1.29, 1.82) is 0 Å². The molecule has 0 bridgehead atoms. The van der Waals surface area contributed by atoms with Gasteiger partial charge in [-0.3, -0.25) is 0 Å². The van der Waals surface area contributed by atoms with Gasteiger partial charge in [0.05, 0.1) is 13.2 Å². The van der Waals surface area contributed by atoms with Gasteiger partial charge in [0.1, 0.15) is 0 Å². The van der Waals surface area contributed by atoms with E-state index in [1.807, 2.05) is 0 Å². The molecule has 4 heteroatoms. The summed E-state index contributed by atoms with van der Waals surface area (Å²) in [7, 11) is -3.56. The molecule has 202 valence electrons. The number of hydrogen-bond acceptors (Lipinski definition) is 2. The summed E-state index contributed by atoms with van der Waals surface area (Å²) in [5.41, 5.74) is 6.83. The Morgan fingerprint density at radius 3 is 2.03 bits per heavy atom. The van der Waals surface area contributed by atoms with Crippen LogP contribution in [0.4, 0.5) is 0 Å². The van der Waals surface area contributed by atoms with Gasteiger partial charge < -0.3 is 8.85 Å². The van der Waals surface area contributed by atoms with Crippen LogP contribution in [0.1, 0.15) is 85.8 Å². The average molecular weight is 527 g/mol. The molecule has 1 aromatic carbocycles. The van der Waals surface area contributed by atoms with E-state index in [1.165, 1.54) is 34.3 Å². The largest absolute Gasteiger partial charge is 0.413 e. The molecule has 1 aromatic rings. The van der Waals surface area contributed by atoms with E-state index in [0.29, 0.717) is 19.1 Å². The lowest BCUT2D eigenvalue weighted by atomic mass is 9.88. The molecule has 0 saturated carbocycles. The van der Waals surface area contributed by atoms with E-state index >= 15 is 0 Å². The number of benzene rings is 1. The molecule has 1 aliphatic rings. The maximum absolute atomic E-state index is 6.56. The summed E-state index contributed by atoms with van der Waals surface area (Å²) in [5.74, 6) is 0.676. The lowest BCUT2D eigenvalue weighted by molar-refractivity contribution is 0.276. The van der Waals surface area contributed by atoms with Crippen LogP contribution < -0.4 is 0 Å². The van der Waals surface area contributed by atoms with Crippen molar-refractivity contribution in [3.63, 3.8) is 0 Å². The second-order valence-corrected chi connectivity index (χ2v) is 23.7. The molecule has 0 amide bonds. The predicted octanol–water partition coefficient (Wildman–Crippen LogP) is 10.3. The average Bonchev–Trinajstić information content (AvgIpc) is 2.75. The van der Waals surface area contributed by atoms with Gasteiger partial charge in [0.25, 0.3) is 0 Å². The SMILES string of the molecule is CC(C)CC/C(=C1\C=C(CO[Si](C)(C)C(C)(C)C)C=CC1)c1cccc(CO[Si](C)(C)C(C)(C)C)c1. The highest BCUT2D eigenvalue weighted by molar-refractivity contribution is 6.74. The van der Waals surface area contributed by atoms with E-state index in [1.54, 1.807) is 0 Å². The van der Waals surface area contributed by atoms with Crippen molar-refractivity contribution in [3.05, 3.63) is 64.8 Å². The summed E-state index contributed by atoms with van der Waals surface area (Å²) >= 11 is 0. The molecule has 2 nitrogen and oxygen atoms in total. The van der Waals surface area contributed by atoms with Crippen LogP contribution in [0.25, 0.3) is 5.57 Å². The fraction of sp³-hybridized carbons (Fsp3) is 0.625. The Kier molecular flexibility index (Phi) is 10.4. The molecular formula is C32H54O2Si2. The highest BCUT2D eigenvalue weighted by Crippen LogP contribution is 2.39. The van der Waals surface area contributed by atoms with Crippen LogP contribution in [0.2, 0.25) is 36.3 Å². The molecule has 0 heterocycles. The van der Waals surface area contributed by atoms with Gasteiger partial charge in [0.2, 0.25) is 0 Å². The van der Waals surface area contributed by atoms with Gasteiger partial charge in [-0.05, 0) is 95.4 Å². The van der Waals surface area contributed by atoms with E-state index < -0.39 is 16.6 Å². The van der Waals surface area contributed by atoms with Crippen LogP contribution >= 0.6 is 0 Å². The van der Waals surface area contributed by atoms with Crippen molar-refractivity contribution in [1.82, 2.24) is 0 Å². The highest BCUT2D eigenvalue weighted by Gasteiger charge is 2.38. The van der Waals surface area contributed by atoms with Crippen LogP contribution in [-0.2, 0) is 15.5 Å². The molecule has 1 aliphatic carbocycles. The molecule has 0 N–H and O–H groups in total. The van der Waals surface area contributed by atoms with Gasteiger partial charge in [-0.2, -0.15) is 0 Å². The summed E-state index contributed by atoms with van der Waals surface area (Å²) in [4.78, 5) is 0. The summed E-state index contributed by atoms with van der Waals surface area (Å²) in [5, 5.41) is 0.442. The van der Waals surface area contributed by atoms with E-state index in [2.05, 4.69) is 124 Å². The molecule has 0 fully saturated rings. The van der Waals surface area contributed by atoms with Crippen molar-refractivity contribution in [2.24, 2.45) is 5.92 Å². The first-order valence-corrected chi connectivity index (χ1v) is 19.7. The second-order valence-electron chi connectivity index (χ2n) is 14.1. The molecule has 0 spiro atoms. The quantitative estimate of drug-likeness (QED) is 0.282. The highest BCUT2D eigenvalue weighted by atomic mass is 28.4.